The van der Waals surface area contributed by atoms with Gasteiger partial charge in [-0.1, -0.05) is 18.2 Å². The average molecular weight is 336 g/mol. The van der Waals surface area contributed by atoms with Gasteiger partial charge in [-0.3, -0.25) is 4.79 Å². The van der Waals surface area contributed by atoms with Crippen LogP contribution in [0.3, 0.4) is 0 Å². The molecule has 1 aliphatic heterocycles. The number of nitrogens with zero attached hydrogens (tertiary/aromatic N) is 2. The highest BCUT2D eigenvalue weighted by Crippen LogP contribution is 2.31. The number of ether oxygens (including phenoxy) is 2. The van der Waals surface area contributed by atoms with E-state index in [4.69, 9.17) is 14.7 Å². The first-order valence-electron chi connectivity index (χ1n) is 8.27. The highest BCUT2D eigenvalue weighted by molar-refractivity contribution is 5.76. The smallest absolute Gasteiger partial charge is 0.222 e. The molecule has 0 bridgehead atoms. The molecule has 3 rings (SSSR count). The normalized spacial score (nSPS) is 12.3. The second-order valence-electron chi connectivity index (χ2n) is 6.04. The second-order valence-corrected chi connectivity index (χ2v) is 6.04. The summed E-state index contributed by atoms with van der Waals surface area (Å²) in [4.78, 5) is 14.1. The molecule has 5 heteroatoms. The van der Waals surface area contributed by atoms with Crippen LogP contribution in [0.4, 0.5) is 0 Å². The van der Waals surface area contributed by atoms with Gasteiger partial charge in [0.25, 0.3) is 0 Å². The van der Waals surface area contributed by atoms with E-state index in [0.717, 1.165) is 22.6 Å². The lowest BCUT2D eigenvalue weighted by atomic mass is 10.1. The minimum absolute atomic E-state index is 0.0826. The lowest BCUT2D eigenvalue weighted by molar-refractivity contribution is -0.130. The molecule has 1 amide bonds. The molecule has 0 atom stereocenters. The van der Waals surface area contributed by atoms with E-state index >= 15 is 0 Å². The predicted octanol–water partition coefficient (Wildman–Crippen LogP) is 2.92. The van der Waals surface area contributed by atoms with Crippen LogP contribution in [-0.2, 0) is 17.8 Å². The second kappa shape index (κ2) is 7.71. The van der Waals surface area contributed by atoms with Crippen LogP contribution < -0.4 is 9.47 Å². The van der Waals surface area contributed by atoms with Crippen molar-refractivity contribution in [2.75, 3.05) is 20.3 Å². The van der Waals surface area contributed by atoms with Gasteiger partial charge in [-0.2, -0.15) is 5.26 Å². The van der Waals surface area contributed by atoms with Crippen molar-refractivity contribution >= 4 is 5.91 Å². The zero-order valence-corrected chi connectivity index (χ0v) is 14.2. The van der Waals surface area contributed by atoms with Gasteiger partial charge < -0.3 is 14.4 Å². The molecule has 0 fully saturated rings. The predicted molar refractivity (Wildman–Crippen MR) is 93.4 cm³/mol. The summed E-state index contributed by atoms with van der Waals surface area (Å²) in [5.41, 5.74) is 2.70. The summed E-state index contributed by atoms with van der Waals surface area (Å²) in [6.45, 7) is 1.65. The fourth-order valence-corrected chi connectivity index (χ4v) is 2.74. The third kappa shape index (κ3) is 4.30. The summed E-state index contributed by atoms with van der Waals surface area (Å²) in [7, 11) is 1.80. The molecule has 0 N–H and O–H groups in total. The number of amides is 1. The first kappa shape index (κ1) is 16.8. The first-order chi connectivity index (χ1) is 12.2. The Bertz CT molecular complexity index is 794. The molecule has 0 unspecified atom stereocenters. The fourth-order valence-electron chi connectivity index (χ4n) is 2.74. The Morgan fingerprint density at radius 1 is 1.08 bits per heavy atom. The summed E-state index contributed by atoms with van der Waals surface area (Å²) in [6, 6.07) is 15.2. The SMILES string of the molecule is CN(Cc1ccc2c(c1)OCCO2)C(=O)CCc1ccc(C#N)cc1. The van der Waals surface area contributed by atoms with Crippen molar-refractivity contribution in [2.24, 2.45) is 0 Å². The summed E-state index contributed by atoms with van der Waals surface area (Å²) < 4.78 is 11.1. The molecule has 5 nitrogen and oxygen atoms in total. The van der Waals surface area contributed by atoms with Crippen LogP contribution >= 0.6 is 0 Å². The molecule has 0 spiro atoms. The van der Waals surface area contributed by atoms with Gasteiger partial charge in [0.05, 0.1) is 11.6 Å². The van der Waals surface area contributed by atoms with E-state index in [2.05, 4.69) is 6.07 Å². The Morgan fingerprint density at radius 2 is 1.76 bits per heavy atom. The maximum absolute atomic E-state index is 12.4. The maximum Gasteiger partial charge on any atom is 0.222 e. The molecule has 0 saturated carbocycles. The molecule has 2 aromatic rings. The van der Waals surface area contributed by atoms with Crippen molar-refractivity contribution in [1.82, 2.24) is 4.90 Å². The number of carbonyl (C=O) groups is 1. The number of fused-ring (bicyclic) bond motifs is 1. The molecule has 0 saturated heterocycles. The highest BCUT2D eigenvalue weighted by atomic mass is 16.6. The van der Waals surface area contributed by atoms with E-state index in [1.807, 2.05) is 30.3 Å². The van der Waals surface area contributed by atoms with Gasteiger partial charge in [0.1, 0.15) is 13.2 Å². The topological polar surface area (TPSA) is 62.6 Å². The lowest BCUT2D eigenvalue weighted by Gasteiger charge is -2.21. The van der Waals surface area contributed by atoms with Gasteiger partial charge in [0, 0.05) is 20.0 Å². The van der Waals surface area contributed by atoms with Crippen molar-refractivity contribution in [3.05, 3.63) is 59.2 Å². The van der Waals surface area contributed by atoms with Gasteiger partial charge >= 0.3 is 0 Å². The van der Waals surface area contributed by atoms with Crippen LogP contribution in [0, 0.1) is 11.3 Å². The molecule has 128 valence electrons. The average Bonchev–Trinajstić information content (AvgIpc) is 2.66. The summed E-state index contributed by atoms with van der Waals surface area (Å²) in [5, 5.41) is 8.81. The molecule has 2 aromatic carbocycles. The van der Waals surface area contributed by atoms with Crippen molar-refractivity contribution in [3.8, 4) is 17.6 Å². The Morgan fingerprint density at radius 3 is 2.48 bits per heavy atom. The van der Waals surface area contributed by atoms with Gasteiger partial charge in [-0.05, 0) is 41.8 Å². The van der Waals surface area contributed by atoms with Crippen LogP contribution in [-0.4, -0.2) is 31.1 Å². The summed E-state index contributed by atoms with van der Waals surface area (Å²) in [6.07, 6.45) is 1.10. The van der Waals surface area contributed by atoms with E-state index < -0.39 is 0 Å². The number of benzene rings is 2. The molecule has 0 aliphatic carbocycles. The molecule has 0 radical (unpaired) electrons. The largest absolute Gasteiger partial charge is 0.486 e. The third-order valence-corrected chi connectivity index (χ3v) is 4.16. The Kier molecular flexibility index (Phi) is 5.20. The van der Waals surface area contributed by atoms with Crippen molar-refractivity contribution in [1.29, 1.82) is 5.26 Å². The minimum Gasteiger partial charge on any atom is -0.486 e. The number of nitriles is 1. The minimum atomic E-state index is 0.0826. The highest BCUT2D eigenvalue weighted by Gasteiger charge is 2.14. The fraction of sp³-hybridized carbons (Fsp3) is 0.300. The van der Waals surface area contributed by atoms with Crippen LogP contribution in [0.5, 0.6) is 11.5 Å². The zero-order chi connectivity index (χ0) is 17.6. The van der Waals surface area contributed by atoms with Crippen molar-refractivity contribution in [3.63, 3.8) is 0 Å². The molecular weight excluding hydrogens is 316 g/mol. The third-order valence-electron chi connectivity index (χ3n) is 4.16. The Labute approximate surface area is 147 Å². The van der Waals surface area contributed by atoms with E-state index in [9.17, 15) is 4.79 Å². The Hall–Kier alpha value is -3.00. The standard InChI is InChI=1S/C20H20N2O3/c1-22(14-17-6-8-18-19(12-17)25-11-10-24-18)20(23)9-7-15-2-4-16(13-21)5-3-15/h2-6,8,12H,7,9-11,14H2,1H3. The summed E-state index contributed by atoms with van der Waals surface area (Å²) in [5.74, 6) is 1.58. The maximum atomic E-state index is 12.4. The number of hydrogen-bond acceptors (Lipinski definition) is 4. The van der Waals surface area contributed by atoms with Crippen molar-refractivity contribution in [2.45, 2.75) is 19.4 Å². The number of rotatable bonds is 5. The first-order valence-corrected chi connectivity index (χ1v) is 8.27. The Balaban J connectivity index is 1.54. The van der Waals surface area contributed by atoms with Crippen LogP contribution in [0.25, 0.3) is 0 Å². The van der Waals surface area contributed by atoms with Crippen LogP contribution in [0.2, 0.25) is 0 Å². The van der Waals surface area contributed by atoms with E-state index in [1.165, 1.54) is 0 Å². The van der Waals surface area contributed by atoms with E-state index in [0.29, 0.717) is 38.2 Å². The van der Waals surface area contributed by atoms with Gasteiger partial charge in [-0.25, -0.2) is 0 Å². The van der Waals surface area contributed by atoms with Gasteiger partial charge in [0.2, 0.25) is 5.91 Å². The zero-order valence-electron chi connectivity index (χ0n) is 14.2. The number of hydrogen-bond donors (Lipinski definition) is 0. The van der Waals surface area contributed by atoms with Crippen molar-refractivity contribution < 1.29 is 14.3 Å². The molecule has 0 aromatic heterocycles. The summed E-state index contributed by atoms with van der Waals surface area (Å²) >= 11 is 0. The van der Waals surface area contributed by atoms with Crippen LogP contribution in [0.1, 0.15) is 23.1 Å². The lowest BCUT2D eigenvalue weighted by Crippen LogP contribution is -2.26. The number of carbonyl (C=O) groups excluding carboxylic acids is 1. The van der Waals surface area contributed by atoms with Gasteiger partial charge in [0.15, 0.2) is 11.5 Å². The van der Waals surface area contributed by atoms with Gasteiger partial charge in [-0.15, -0.1) is 0 Å². The van der Waals surface area contributed by atoms with E-state index in [1.54, 1.807) is 24.1 Å². The molecular formula is C20H20N2O3. The number of aryl methyl sites for hydroxylation is 1. The molecule has 25 heavy (non-hydrogen) atoms. The monoisotopic (exact) mass is 336 g/mol. The molecule has 1 heterocycles. The quantitative estimate of drug-likeness (QED) is 0.842. The molecule has 1 aliphatic rings. The van der Waals surface area contributed by atoms with Crippen LogP contribution in [0.15, 0.2) is 42.5 Å². The van der Waals surface area contributed by atoms with E-state index in [-0.39, 0.29) is 5.91 Å².